The first-order chi connectivity index (χ1) is 9.83. The van der Waals surface area contributed by atoms with Crippen molar-refractivity contribution in [3.05, 3.63) is 65.8 Å². The molecule has 3 aromatic rings. The highest BCUT2D eigenvalue weighted by atomic mass is 35.5. The van der Waals surface area contributed by atoms with Gasteiger partial charge in [-0.05, 0) is 36.4 Å². The molecule has 0 amide bonds. The Balaban J connectivity index is 0.000000704. The highest BCUT2D eigenvalue weighted by Gasteiger charge is 2.02. The Labute approximate surface area is 124 Å². The number of hydrogen-bond acceptors (Lipinski definition) is 2. The van der Waals surface area contributed by atoms with Gasteiger partial charge >= 0.3 is 0 Å². The van der Waals surface area contributed by atoms with E-state index in [1.165, 1.54) is 0 Å². The molecule has 20 heavy (non-hydrogen) atoms. The Morgan fingerprint density at radius 2 is 1.70 bits per heavy atom. The zero-order chi connectivity index (χ0) is 14.4. The molecule has 0 spiro atoms. The van der Waals surface area contributed by atoms with E-state index in [1.807, 2.05) is 68.4 Å². The Kier molecular flexibility index (Phi) is 4.97. The van der Waals surface area contributed by atoms with E-state index in [0.717, 1.165) is 22.3 Å². The van der Waals surface area contributed by atoms with E-state index in [9.17, 15) is 0 Å². The molecule has 1 aromatic heterocycles. The SMILES string of the molecule is CC.Clc1ccc2c(Nc3ccccc3)ccnc2c1. The molecule has 0 saturated heterocycles. The second kappa shape index (κ2) is 6.92. The van der Waals surface area contributed by atoms with Gasteiger partial charge in [0.2, 0.25) is 0 Å². The van der Waals surface area contributed by atoms with Gasteiger partial charge in [-0.1, -0.05) is 43.6 Å². The van der Waals surface area contributed by atoms with Gasteiger partial charge in [0.25, 0.3) is 0 Å². The van der Waals surface area contributed by atoms with Gasteiger partial charge in [-0.2, -0.15) is 0 Å². The van der Waals surface area contributed by atoms with Gasteiger partial charge in [0.05, 0.1) is 5.52 Å². The van der Waals surface area contributed by atoms with Gasteiger partial charge in [0.15, 0.2) is 0 Å². The quantitative estimate of drug-likeness (QED) is 0.657. The molecule has 102 valence electrons. The fourth-order valence-corrected chi connectivity index (χ4v) is 2.07. The topological polar surface area (TPSA) is 24.9 Å². The van der Waals surface area contributed by atoms with E-state index in [1.54, 1.807) is 6.20 Å². The van der Waals surface area contributed by atoms with Crippen molar-refractivity contribution in [3.63, 3.8) is 0 Å². The van der Waals surface area contributed by atoms with Gasteiger partial charge in [-0.3, -0.25) is 4.98 Å². The van der Waals surface area contributed by atoms with Crippen molar-refractivity contribution in [2.45, 2.75) is 13.8 Å². The smallest absolute Gasteiger partial charge is 0.0737 e. The molecule has 2 aromatic carbocycles. The largest absolute Gasteiger partial charge is 0.355 e. The summed E-state index contributed by atoms with van der Waals surface area (Å²) in [5.74, 6) is 0. The number of anilines is 2. The lowest BCUT2D eigenvalue weighted by Gasteiger charge is -2.09. The monoisotopic (exact) mass is 284 g/mol. The Hall–Kier alpha value is -2.06. The number of hydrogen-bond donors (Lipinski definition) is 1. The molecule has 0 aliphatic rings. The third-order valence-electron chi connectivity index (χ3n) is 2.76. The second-order valence-corrected chi connectivity index (χ2v) is 4.45. The van der Waals surface area contributed by atoms with E-state index < -0.39 is 0 Å². The van der Waals surface area contributed by atoms with Gasteiger partial charge in [0, 0.05) is 28.0 Å². The molecule has 0 aliphatic carbocycles. The zero-order valence-electron chi connectivity index (χ0n) is 11.6. The van der Waals surface area contributed by atoms with Crippen molar-refractivity contribution in [3.8, 4) is 0 Å². The van der Waals surface area contributed by atoms with Crippen molar-refractivity contribution in [2.75, 3.05) is 5.32 Å². The van der Waals surface area contributed by atoms with Crippen LogP contribution in [-0.2, 0) is 0 Å². The van der Waals surface area contributed by atoms with Crippen LogP contribution in [0.1, 0.15) is 13.8 Å². The van der Waals surface area contributed by atoms with Crippen molar-refractivity contribution < 1.29 is 0 Å². The summed E-state index contributed by atoms with van der Waals surface area (Å²) in [5.41, 5.74) is 2.98. The van der Waals surface area contributed by atoms with Crippen molar-refractivity contribution in [1.82, 2.24) is 4.98 Å². The van der Waals surface area contributed by atoms with E-state index >= 15 is 0 Å². The summed E-state index contributed by atoms with van der Waals surface area (Å²) in [6, 6.07) is 17.7. The van der Waals surface area contributed by atoms with Gasteiger partial charge in [-0.25, -0.2) is 0 Å². The Bertz CT molecular complexity index is 681. The van der Waals surface area contributed by atoms with Gasteiger partial charge in [0.1, 0.15) is 0 Å². The normalized spacial score (nSPS) is 9.75. The zero-order valence-corrected chi connectivity index (χ0v) is 12.4. The molecule has 0 bridgehead atoms. The predicted octanol–water partition coefficient (Wildman–Crippen LogP) is 5.66. The molecule has 3 rings (SSSR count). The summed E-state index contributed by atoms with van der Waals surface area (Å²) in [5, 5.41) is 5.14. The third-order valence-corrected chi connectivity index (χ3v) is 2.99. The minimum atomic E-state index is 0.701. The molecular weight excluding hydrogens is 268 g/mol. The maximum Gasteiger partial charge on any atom is 0.0737 e. The molecule has 2 nitrogen and oxygen atoms in total. The first-order valence-electron chi connectivity index (χ1n) is 6.69. The van der Waals surface area contributed by atoms with Crippen molar-refractivity contribution in [2.24, 2.45) is 0 Å². The van der Waals surface area contributed by atoms with Crippen LogP contribution in [0, 0.1) is 0 Å². The average Bonchev–Trinajstić information content (AvgIpc) is 2.50. The van der Waals surface area contributed by atoms with Crippen LogP contribution in [0.4, 0.5) is 11.4 Å². The van der Waals surface area contributed by atoms with Gasteiger partial charge in [-0.15, -0.1) is 0 Å². The van der Waals surface area contributed by atoms with Crippen LogP contribution in [-0.4, -0.2) is 4.98 Å². The standard InChI is InChI=1S/C15H11ClN2.C2H6/c16-11-6-7-13-14(8-9-17-15(13)10-11)18-12-4-2-1-3-5-12;1-2/h1-10H,(H,17,18);1-2H3. The number of rotatable bonds is 2. The number of aromatic nitrogens is 1. The second-order valence-electron chi connectivity index (χ2n) is 4.01. The predicted molar refractivity (Wildman–Crippen MR) is 87.8 cm³/mol. The lowest BCUT2D eigenvalue weighted by molar-refractivity contribution is 1.40. The minimum Gasteiger partial charge on any atom is -0.355 e. The summed E-state index contributed by atoms with van der Waals surface area (Å²) >= 11 is 5.97. The lowest BCUT2D eigenvalue weighted by Crippen LogP contribution is -1.92. The summed E-state index contributed by atoms with van der Waals surface area (Å²) in [6.45, 7) is 4.00. The number of benzene rings is 2. The molecule has 0 unspecified atom stereocenters. The number of fused-ring (bicyclic) bond motifs is 1. The lowest BCUT2D eigenvalue weighted by atomic mass is 10.2. The molecule has 0 aliphatic heterocycles. The minimum absolute atomic E-state index is 0.701. The fourth-order valence-electron chi connectivity index (χ4n) is 1.91. The van der Waals surface area contributed by atoms with Crippen LogP contribution >= 0.6 is 11.6 Å². The first-order valence-corrected chi connectivity index (χ1v) is 7.07. The summed E-state index contributed by atoms with van der Waals surface area (Å²) in [6.07, 6.45) is 1.78. The van der Waals surface area contributed by atoms with E-state index in [4.69, 9.17) is 11.6 Å². The van der Waals surface area contributed by atoms with Crippen LogP contribution in [0.5, 0.6) is 0 Å². The van der Waals surface area contributed by atoms with E-state index in [-0.39, 0.29) is 0 Å². The van der Waals surface area contributed by atoms with Crippen molar-refractivity contribution >= 4 is 33.9 Å². The highest BCUT2D eigenvalue weighted by molar-refractivity contribution is 6.31. The Morgan fingerprint density at radius 3 is 2.45 bits per heavy atom. The molecule has 1 heterocycles. The van der Waals surface area contributed by atoms with Crippen LogP contribution in [0.25, 0.3) is 10.9 Å². The van der Waals surface area contributed by atoms with Crippen LogP contribution in [0.2, 0.25) is 5.02 Å². The maximum atomic E-state index is 5.97. The van der Waals surface area contributed by atoms with E-state index in [0.29, 0.717) is 5.02 Å². The summed E-state index contributed by atoms with van der Waals surface area (Å²) in [4.78, 5) is 4.32. The van der Waals surface area contributed by atoms with Crippen molar-refractivity contribution in [1.29, 1.82) is 0 Å². The number of nitrogens with one attached hydrogen (secondary N) is 1. The van der Waals surface area contributed by atoms with Crippen LogP contribution in [0.3, 0.4) is 0 Å². The molecule has 3 heteroatoms. The number of pyridine rings is 1. The first kappa shape index (κ1) is 14.4. The molecule has 0 saturated carbocycles. The third kappa shape index (κ3) is 3.28. The van der Waals surface area contributed by atoms with Gasteiger partial charge < -0.3 is 5.32 Å². The van der Waals surface area contributed by atoms with E-state index in [2.05, 4.69) is 10.3 Å². The maximum absolute atomic E-state index is 5.97. The molecule has 0 fully saturated rings. The molecule has 0 radical (unpaired) electrons. The summed E-state index contributed by atoms with van der Waals surface area (Å²) in [7, 11) is 0. The summed E-state index contributed by atoms with van der Waals surface area (Å²) < 4.78 is 0. The molecule has 0 atom stereocenters. The number of nitrogens with zero attached hydrogens (tertiary/aromatic N) is 1. The van der Waals surface area contributed by atoms with Crippen LogP contribution in [0.15, 0.2) is 60.8 Å². The average molecular weight is 285 g/mol. The molecular formula is C17H17ClN2. The Morgan fingerprint density at radius 1 is 0.950 bits per heavy atom. The number of para-hydroxylation sites is 1. The van der Waals surface area contributed by atoms with Crippen LogP contribution < -0.4 is 5.32 Å². The highest BCUT2D eigenvalue weighted by Crippen LogP contribution is 2.26. The molecule has 1 N–H and O–H groups in total. The number of halogens is 1. The fraction of sp³-hybridized carbons (Fsp3) is 0.118.